The molecular weight excluding hydrogens is 250 g/mol. The smallest absolute Gasteiger partial charge is 0.0952 e. The minimum atomic E-state index is -0.836. The summed E-state index contributed by atoms with van der Waals surface area (Å²) < 4.78 is 0. The van der Waals surface area contributed by atoms with Crippen LogP contribution in [0.3, 0.4) is 0 Å². The molecule has 0 saturated heterocycles. The van der Waals surface area contributed by atoms with Crippen LogP contribution >= 0.6 is 0 Å². The van der Waals surface area contributed by atoms with E-state index in [0.717, 1.165) is 12.0 Å². The van der Waals surface area contributed by atoms with Crippen molar-refractivity contribution in [2.45, 2.75) is 63.2 Å². The van der Waals surface area contributed by atoms with Gasteiger partial charge in [0.2, 0.25) is 0 Å². The van der Waals surface area contributed by atoms with Crippen molar-refractivity contribution in [1.82, 2.24) is 0 Å². The van der Waals surface area contributed by atoms with Gasteiger partial charge in [-0.2, -0.15) is 0 Å². The molecule has 0 heterocycles. The zero-order valence-electron chi connectivity index (χ0n) is 12.1. The summed E-state index contributed by atoms with van der Waals surface area (Å²) in [5, 5.41) is 20.3. The molecule has 0 bridgehead atoms. The van der Waals surface area contributed by atoms with Crippen LogP contribution in [0, 0.1) is 5.92 Å². The van der Waals surface area contributed by atoms with Crippen molar-refractivity contribution in [3.8, 4) is 0 Å². The largest absolute Gasteiger partial charge is 0.390 e. The van der Waals surface area contributed by atoms with Crippen molar-refractivity contribution >= 4 is 0 Å². The lowest BCUT2D eigenvalue weighted by molar-refractivity contribution is -0.000968. The fraction of sp³-hybridized carbons (Fsp3) is 0.647. The zero-order chi connectivity index (χ0) is 14.4. The number of hydrogen-bond acceptors (Lipinski definition) is 3. The molecule has 112 valence electrons. The van der Waals surface area contributed by atoms with Gasteiger partial charge in [0.1, 0.15) is 0 Å². The molecule has 3 heteroatoms. The predicted octanol–water partition coefficient (Wildman–Crippen LogP) is 2.25. The SMILES string of the molecule is N[C@@H](CC1CCCCC1)[C@@H](O)[C@@H](O)Cc1ccccc1. The third kappa shape index (κ3) is 4.58. The molecule has 3 atom stereocenters. The van der Waals surface area contributed by atoms with Gasteiger partial charge in [0, 0.05) is 12.5 Å². The maximum atomic E-state index is 10.2. The van der Waals surface area contributed by atoms with E-state index >= 15 is 0 Å². The third-order valence-electron chi connectivity index (χ3n) is 4.45. The topological polar surface area (TPSA) is 66.5 Å². The van der Waals surface area contributed by atoms with Gasteiger partial charge in [-0.05, 0) is 17.9 Å². The summed E-state index contributed by atoms with van der Waals surface area (Å²) in [4.78, 5) is 0. The van der Waals surface area contributed by atoms with Gasteiger partial charge in [-0.3, -0.25) is 0 Å². The van der Waals surface area contributed by atoms with E-state index in [2.05, 4.69) is 0 Å². The summed E-state index contributed by atoms with van der Waals surface area (Å²) in [6, 6.07) is 9.43. The first-order chi connectivity index (χ1) is 9.66. The van der Waals surface area contributed by atoms with Crippen molar-refractivity contribution < 1.29 is 10.2 Å². The maximum Gasteiger partial charge on any atom is 0.0952 e. The van der Waals surface area contributed by atoms with Crippen LogP contribution in [0.1, 0.15) is 44.1 Å². The number of rotatable bonds is 6. The Hall–Kier alpha value is -0.900. The molecule has 0 amide bonds. The molecule has 0 spiro atoms. The summed E-state index contributed by atoms with van der Waals surface area (Å²) in [5.74, 6) is 0.623. The first-order valence-electron chi connectivity index (χ1n) is 7.82. The second-order valence-electron chi connectivity index (χ2n) is 6.15. The van der Waals surface area contributed by atoms with Crippen LogP contribution in [0.2, 0.25) is 0 Å². The van der Waals surface area contributed by atoms with Crippen LogP contribution in [0.15, 0.2) is 30.3 Å². The Balaban J connectivity index is 1.80. The fourth-order valence-corrected chi connectivity index (χ4v) is 3.21. The maximum absolute atomic E-state index is 10.2. The number of nitrogens with two attached hydrogens (primary N) is 1. The van der Waals surface area contributed by atoms with E-state index in [-0.39, 0.29) is 6.04 Å². The highest BCUT2D eigenvalue weighted by Gasteiger charge is 2.26. The van der Waals surface area contributed by atoms with Gasteiger partial charge >= 0.3 is 0 Å². The van der Waals surface area contributed by atoms with Crippen molar-refractivity contribution in [2.24, 2.45) is 11.7 Å². The lowest BCUT2D eigenvalue weighted by Gasteiger charge is -2.29. The molecule has 4 N–H and O–H groups in total. The van der Waals surface area contributed by atoms with E-state index < -0.39 is 12.2 Å². The minimum absolute atomic E-state index is 0.322. The van der Waals surface area contributed by atoms with Crippen LogP contribution in [0.5, 0.6) is 0 Å². The third-order valence-corrected chi connectivity index (χ3v) is 4.45. The van der Waals surface area contributed by atoms with Crippen molar-refractivity contribution in [3.05, 3.63) is 35.9 Å². The van der Waals surface area contributed by atoms with E-state index in [1.54, 1.807) is 0 Å². The first kappa shape index (κ1) is 15.5. The molecule has 1 aliphatic carbocycles. The molecule has 1 saturated carbocycles. The highest BCUT2D eigenvalue weighted by atomic mass is 16.3. The van der Waals surface area contributed by atoms with Crippen LogP contribution < -0.4 is 5.73 Å². The van der Waals surface area contributed by atoms with Gasteiger partial charge in [-0.25, -0.2) is 0 Å². The fourth-order valence-electron chi connectivity index (χ4n) is 3.21. The number of aliphatic hydroxyl groups is 2. The molecule has 0 aliphatic heterocycles. The summed E-state index contributed by atoms with van der Waals surface area (Å²) in [6.07, 6.45) is 5.98. The monoisotopic (exact) mass is 277 g/mol. The zero-order valence-corrected chi connectivity index (χ0v) is 12.1. The van der Waals surface area contributed by atoms with Gasteiger partial charge in [-0.1, -0.05) is 62.4 Å². The van der Waals surface area contributed by atoms with Crippen LogP contribution in [0.4, 0.5) is 0 Å². The normalized spacial score (nSPS) is 21.4. The highest BCUT2D eigenvalue weighted by molar-refractivity contribution is 5.15. The summed E-state index contributed by atoms with van der Waals surface area (Å²) in [6.45, 7) is 0. The average Bonchev–Trinajstić information content (AvgIpc) is 2.48. The van der Waals surface area contributed by atoms with E-state index in [1.165, 1.54) is 32.1 Å². The Morgan fingerprint density at radius 2 is 1.70 bits per heavy atom. The predicted molar refractivity (Wildman–Crippen MR) is 81.3 cm³/mol. The number of hydrogen-bond donors (Lipinski definition) is 3. The van der Waals surface area contributed by atoms with Gasteiger partial charge < -0.3 is 15.9 Å². The van der Waals surface area contributed by atoms with Gasteiger partial charge in [0.15, 0.2) is 0 Å². The van der Waals surface area contributed by atoms with Gasteiger partial charge in [0.05, 0.1) is 12.2 Å². The molecule has 1 aromatic rings. The Bertz CT molecular complexity index is 376. The summed E-state index contributed by atoms with van der Waals surface area (Å²) >= 11 is 0. The van der Waals surface area contributed by atoms with E-state index in [1.807, 2.05) is 30.3 Å². The molecule has 1 aliphatic rings. The number of benzene rings is 1. The summed E-state index contributed by atoms with van der Waals surface area (Å²) in [5.41, 5.74) is 7.12. The standard InChI is InChI=1S/C17H27NO2/c18-15(11-13-7-3-1-4-8-13)17(20)16(19)12-14-9-5-2-6-10-14/h2,5-6,9-10,13,15-17,19-20H,1,3-4,7-8,11-12,18H2/t15-,16-,17+/m0/s1. The summed E-state index contributed by atoms with van der Waals surface area (Å²) in [7, 11) is 0. The van der Waals surface area contributed by atoms with Gasteiger partial charge in [0.25, 0.3) is 0 Å². The molecule has 3 nitrogen and oxygen atoms in total. The number of aliphatic hydroxyl groups excluding tert-OH is 2. The molecule has 0 radical (unpaired) electrons. The Morgan fingerprint density at radius 3 is 2.35 bits per heavy atom. The second kappa shape index (κ2) is 7.77. The molecule has 20 heavy (non-hydrogen) atoms. The molecular formula is C17H27NO2. The van der Waals surface area contributed by atoms with Crippen LogP contribution in [0.25, 0.3) is 0 Å². The van der Waals surface area contributed by atoms with Crippen molar-refractivity contribution in [3.63, 3.8) is 0 Å². The lowest BCUT2D eigenvalue weighted by atomic mass is 9.83. The van der Waals surface area contributed by atoms with E-state index in [0.29, 0.717) is 12.3 Å². The van der Waals surface area contributed by atoms with E-state index in [9.17, 15) is 10.2 Å². The van der Waals surface area contributed by atoms with Crippen LogP contribution in [-0.4, -0.2) is 28.5 Å². The average molecular weight is 277 g/mol. The van der Waals surface area contributed by atoms with Crippen molar-refractivity contribution in [2.75, 3.05) is 0 Å². The molecule has 1 aromatic carbocycles. The second-order valence-corrected chi connectivity index (χ2v) is 6.15. The molecule has 2 rings (SSSR count). The Morgan fingerprint density at radius 1 is 1.05 bits per heavy atom. The van der Waals surface area contributed by atoms with Gasteiger partial charge in [-0.15, -0.1) is 0 Å². The molecule has 1 fully saturated rings. The quantitative estimate of drug-likeness (QED) is 0.747. The lowest BCUT2D eigenvalue weighted by Crippen LogP contribution is -2.45. The highest BCUT2D eigenvalue weighted by Crippen LogP contribution is 2.28. The molecule has 0 unspecified atom stereocenters. The molecule has 0 aromatic heterocycles. The van der Waals surface area contributed by atoms with E-state index in [4.69, 9.17) is 5.73 Å². The Kier molecular flexibility index (Phi) is 6.02. The minimum Gasteiger partial charge on any atom is -0.390 e. The van der Waals surface area contributed by atoms with Crippen molar-refractivity contribution in [1.29, 1.82) is 0 Å². The van der Waals surface area contributed by atoms with Crippen LogP contribution in [-0.2, 0) is 6.42 Å². The first-order valence-corrected chi connectivity index (χ1v) is 7.82. The Labute approximate surface area is 121 Å².